The van der Waals surface area contributed by atoms with Crippen molar-refractivity contribution < 1.29 is 14.7 Å². The Bertz CT molecular complexity index is 1190. The number of anilines is 2. The fourth-order valence-corrected chi connectivity index (χ4v) is 4.75. The first-order chi connectivity index (χ1) is 14.4. The number of hydrogen-bond donors (Lipinski definition) is 3. The summed E-state index contributed by atoms with van der Waals surface area (Å²) in [7, 11) is 0. The summed E-state index contributed by atoms with van der Waals surface area (Å²) in [5.41, 5.74) is 3.00. The van der Waals surface area contributed by atoms with E-state index >= 15 is 0 Å². The number of hydrogen-bond acceptors (Lipinski definition) is 5. The number of phenols is 1. The van der Waals surface area contributed by atoms with Gasteiger partial charge in [-0.15, -0.1) is 0 Å². The van der Waals surface area contributed by atoms with Crippen LogP contribution in [-0.2, 0) is 4.79 Å². The number of fused-ring (bicyclic) bond motifs is 1. The fourth-order valence-electron chi connectivity index (χ4n) is 3.13. The van der Waals surface area contributed by atoms with Crippen molar-refractivity contribution in [3.8, 4) is 5.75 Å². The van der Waals surface area contributed by atoms with Crippen LogP contribution in [0.2, 0.25) is 0 Å². The van der Waals surface area contributed by atoms with E-state index in [0.29, 0.717) is 16.3 Å². The molecule has 3 N–H and O–H groups in total. The molecule has 0 unspecified atom stereocenters. The lowest BCUT2D eigenvalue weighted by molar-refractivity contribution is -0.114. The third-order valence-electron chi connectivity index (χ3n) is 4.47. The maximum absolute atomic E-state index is 13.5. The largest absolute Gasteiger partial charge is 0.507 e. The van der Waals surface area contributed by atoms with E-state index in [1.807, 2.05) is 48.5 Å². The number of benzene rings is 3. The van der Waals surface area contributed by atoms with Crippen molar-refractivity contribution in [3.63, 3.8) is 0 Å². The van der Waals surface area contributed by atoms with Gasteiger partial charge in [-0.1, -0.05) is 58.0 Å². The highest BCUT2D eigenvalue weighted by Gasteiger charge is 2.27. The quantitative estimate of drug-likeness (QED) is 0.320. The molecule has 0 atom stereocenters. The Kier molecular flexibility index (Phi) is 5.65. The number of nitrogens with one attached hydrogen (secondary N) is 2. The van der Waals surface area contributed by atoms with Gasteiger partial charge in [0, 0.05) is 22.0 Å². The van der Waals surface area contributed by atoms with Crippen molar-refractivity contribution >= 4 is 56.5 Å². The lowest BCUT2D eigenvalue weighted by atomic mass is 10.0. The minimum absolute atomic E-state index is 0.123. The number of aromatic hydroxyl groups is 1. The van der Waals surface area contributed by atoms with Crippen molar-refractivity contribution in [2.24, 2.45) is 0 Å². The second-order valence-corrected chi connectivity index (χ2v) is 8.65. The molecule has 1 heterocycles. The molecular weight excluding hydrogens is 464 g/mol. The topological polar surface area (TPSA) is 78.4 Å². The molecule has 5 nitrogen and oxygen atoms in total. The van der Waals surface area contributed by atoms with Crippen LogP contribution in [0, 0.1) is 0 Å². The highest BCUT2D eigenvalue weighted by atomic mass is 79.9. The molecule has 0 bridgehead atoms. The Labute approximate surface area is 186 Å². The first-order valence-corrected chi connectivity index (χ1v) is 10.7. The number of rotatable bonds is 4. The van der Waals surface area contributed by atoms with E-state index in [9.17, 15) is 14.7 Å². The van der Waals surface area contributed by atoms with Gasteiger partial charge in [0.25, 0.3) is 0 Å². The summed E-state index contributed by atoms with van der Waals surface area (Å²) in [6.45, 7) is 1.39. The predicted octanol–water partition coefficient (Wildman–Crippen LogP) is 5.88. The van der Waals surface area contributed by atoms with E-state index < -0.39 is 0 Å². The van der Waals surface area contributed by atoms with Crippen LogP contribution in [0.5, 0.6) is 5.75 Å². The molecule has 0 saturated heterocycles. The van der Waals surface area contributed by atoms with Crippen LogP contribution in [0.25, 0.3) is 5.70 Å². The van der Waals surface area contributed by atoms with E-state index in [1.165, 1.54) is 30.8 Å². The minimum atomic E-state index is -0.332. The van der Waals surface area contributed by atoms with Gasteiger partial charge < -0.3 is 15.7 Å². The van der Waals surface area contributed by atoms with Crippen molar-refractivity contribution in [2.45, 2.75) is 11.8 Å². The third kappa shape index (κ3) is 4.13. The normalized spacial score (nSPS) is 12.7. The molecule has 0 radical (unpaired) electrons. The summed E-state index contributed by atoms with van der Waals surface area (Å²) in [6.07, 6.45) is 0. The Morgan fingerprint density at radius 2 is 1.80 bits per heavy atom. The highest BCUT2D eigenvalue weighted by Crippen LogP contribution is 2.45. The van der Waals surface area contributed by atoms with Gasteiger partial charge in [0.2, 0.25) is 11.7 Å². The average Bonchev–Trinajstić information content (AvgIpc) is 2.74. The Hall–Kier alpha value is -3.03. The standard InChI is InChI=1S/C23H17BrN2O3S/c1-13(27)25-16-8-10-19(28)17(12-16)22(29)23-21(14-5-3-2-4-6-14)26-18-9-7-15(24)11-20(18)30-23/h2-12,26,28H,1H3,(H,25,27). The van der Waals surface area contributed by atoms with Gasteiger partial charge in [-0.3, -0.25) is 9.59 Å². The summed E-state index contributed by atoms with van der Waals surface area (Å²) in [5, 5.41) is 16.4. The lowest BCUT2D eigenvalue weighted by Crippen LogP contribution is -2.14. The predicted molar refractivity (Wildman–Crippen MR) is 124 cm³/mol. The molecule has 30 heavy (non-hydrogen) atoms. The van der Waals surface area contributed by atoms with Crippen molar-refractivity contribution in [2.75, 3.05) is 10.6 Å². The van der Waals surface area contributed by atoms with E-state index in [-0.39, 0.29) is 23.0 Å². The monoisotopic (exact) mass is 480 g/mol. The molecule has 1 amide bonds. The first-order valence-electron chi connectivity index (χ1n) is 9.12. The van der Waals surface area contributed by atoms with Crippen molar-refractivity contribution in [1.82, 2.24) is 0 Å². The molecule has 4 rings (SSSR count). The number of thioether (sulfide) groups is 1. The smallest absolute Gasteiger partial charge is 0.221 e. The van der Waals surface area contributed by atoms with Gasteiger partial charge in [0.05, 0.1) is 21.9 Å². The molecule has 0 fully saturated rings. The minimum Gasteiger partial charge on any atom is -0.507 e. The maximum atomic E-state index is 13.5. The summed E-state index contributed by atoms with van der Waals surface area (Å²) in [6, 6.07) is 19.9. The molecule has 0 spiro atoms. The number of allylic oxidation sites excluding steroid dienone is 1. The molecule has 3 aromatic carbocycles. The molecule has 0 saturated carbocycles. The van der Waals surface area contributed by atoms with E-state index in [1.54, 1.807) is 6.07 Å². The number of carbonyl (C=O) groups excluding carboxylic acids is 2. The van der Waals surface area contributed by atoms with Crippen LogP contribution < -0.4 is 10.6 Å². The molecule has 7 heteroatoms. The molecule has 1 aliphatic heterocycles. The Morgan fingerprint density at radius 3 is 2.53 bits per heavy atom. The van der Waals surface area contributed by atoms with Gasteiger partial charge in [0.1, 0.15) is 5.75 Å². The van der Waals surface area contributed by atoms with Crippen LogP contribution in [0.15, 0.2) is 81.0 Å². The molecule has 150 valence electrons. The highest BCUT2D eigenvalue weighted by molar-refractivity contribution is 9.10. The Morgan fingerprint density at radius 1 is 1.03 bits per heavy atom. The average molecular weight is 481 g/mol. The summed E-state index contributed by atoms with van der Waals surface area (Å²) in [5.74, 6) is -0.730. The number of phenolic OH excluding ortho intramolecular Hbond substituents is 1. The number of halogens is 1. The van der Waals surface area contributed by atoms with E-state index in [4.69, 9.17) is 0 Å². The van der Waals surface area contributed by atoms with E-state index in [2.05, 4.69) is 26.6 Å². The maximum Gasteiger partial charge on any atom is 0.221 e. The zero-order valence-electron chi connectivity index (χ0n) is 15.9. The molecule has 0 aromatic heterocycles. The van der Waals surface area contributed by atoms with Gasteiger partial charge in [0.15, 0.2) is 0 Å². The van der Waals surface area contributed by atoms with Crippen LogP contribution >= 0.6 is 27.7 Å². The van der Waals surface area contributed by atoms with Crippen LogP contribution in [0.4, 0.5) is 11.4 Å². The van der Waals surface area contributed by atoms with Gasteiger partial charge in [-0.2, -0.15) is 0 Å². The number of carbonyl (C=O) groups is 2. The fraction of sp³-hybridized carbons (Fsp3) is 0.0435. The number of Topliss-reactive ketones (excluding diaryl/α,β-unsaturated/α-hetero) is 1. The second-order valence-electron chi connectivity index (χ2n) is 6.68. The van der Waals surface area contributed by atoms with Gasteiger partial charge in [-0.05, 0) is 42.0 Å². The number of ketones is 1. The SMILES string of the molecule is CC(=O)Nc1ccc(O)c(C(=O)C2=C(c3ccccc3)Nc3ccc(Br)cc3S2)c1. The van der Waals surface area contributed by atoms with E-state index in [0.717, 1.165) is 20.6 Å². The van der Waals surface area contributed by atoms with Crippen molar-refractivity contribution in [1.29, 1.82) is 0 Å². The zero-order valence-corrected chi connectivity index (χ0v) is 18.3. The molecular formula is C23H17BrN2O3S. The zero-order chi connectivity index (χ0) is 21.3. The van der Waals surface area contributed by atoms with Crippen LogP contribution in [-0.4, -0.2) is 16.8 Å². The molecule has 3 aromatic rings. The van der Waals surface area contributed by atoms with Crippen LogP contribution in [0.1, 0.15) is 22.8 Å². The van der Waals surface area contributed by atoms with Gasteiger partial charge in [-0.25, -0.2) is 0 Å². The summed E-state index contributed by atoms with van der Waals surface area (Å²) < 4.78 is 0.904. The third-order valence-corrected chi connectivity index (χ3v) is 6.12. The molecule has 1 aliphatic rings. The molecule has 0 aliphatic carbocycles. The van der Waals surface area contributed by atoms with Crippen LogP contribution in [0.3, 0.4) is 0 Å². The number of amides is 1. The van der Waals surface area contributed by atoms with Crippen molar-refractivity contribution in [3.05, 3.63) is 87.2 Å². The van der Waals surface area contributed by atoms with Gasteiger partial charge >= 0.3 is 0 Å². The Balaban J connectivity index is 1.83. The lowest BCUT2D eigenvalue weighted by Gasteiger charge is -2.24. The second kappa shape index (κ2) is 8.38. The summed E-state index contributed by atoms with van der Waals surface area (Å²) in [4.78, 5) is 26.3. The first kappa shape index (κ1) is 20.3. The summed E-state index contributed by atoms with van der Waals surface area (Å²) >= 11 is 4.82.